The minimum Gasteiger partial charge on any atom is -0.378 e. The minimum atomic E-state index is -0.204. The molecule has 1 N–H and O–H groups in total. The first-order valence-electron chi connectivity index (χ1n) is 6.36. The van der Waals surface area contributed by atoms with Gasteiger partial charge < -0.3 is 5.32 Å². The molecule has 106 valence electrons. The molecule has 0 spiro atoms. The van der Waals surface area contributed by atoms with Crippen LogP contribution in [0.5, 0.6) is 0 Å². The van der Waals surface area contributed by atoms with Gasteiger partial charge in [0.05, 0.1) is 6.04 Å². The van der Waals surface area contributed by atoms with Crippen molar-refractivity contribution in [2.45, 2.75) is 26.8 Å². The number of aryl methyl sites for hydroxylation is 2. The molecule has 0 saturated carbocycles. The molecule has 20 heavy (non-hydrogen) atoms. The summed E-state index contributed by atoms with van der Waals surface area (Å²) in [5.74, 6) is -0.204. The molecule has 0 aromatic heterocycles. The summed E-state index contributed by atoms with van der Waals surface area (Å²) in [6.45, 7) is 6.05. The summed E-state index contributed by atoms with van der Waals surface area (Å²) in [7, 11) is 0. The van der Waals surface area contributed by atoms with Gasteiger partial charge in [-0.15, -0.1) is 0 Å². The van der Waals surface area contributed by atoms with Gasteiger partial charge in [-0.25, -0.2) is 4.39 Å². The van der Waals surface area contributed by atoms with E-state index >= 15 is 0 Å². The molecule has 0 heterocycles. The van der Waals surface area contributed by atoms with Gasteiger partial charge in [0.15, 0.2) is 0 Å². The van der Waals surface area contributed by atoms with Crippen LogP contribution >= 0.6 is 31.9 Å². The van der Waals surface area contributed by atoms with E-state index in [1.54, 1.807) is 6.07 Å². The Hall–Kier alpha value is -0.870. The van der Waals surface area contributed by atoms with Crippen LogP contribution in [-0.2, 0) is 0 Å². The summed E-state index contributed by atoms with van der Waals surface area (Å²) in [6, 6.07) is 9.17. The molecule has 0 bridgehead atoms. The lowest BCUT2D eigenvalue weighted by molar-refractivity contribution is 0.599. The topological polar surface area (TPSA) is 12.0 Å². The van der Waals surface area contributed by atoms with Gasteiger partial charge in [-0.1, -0.05) is 37.9 Å². The number of rotatable bonds is 3. The monoisotopic (exact) mass is 399 g/mol. The quantitative estimate of drug-likeness (QED) is 0.652. The first-order valence-corrected chi connectivity index (χ1v) is 7.95. The average Bonchev–Trinajstić information content (AvgIpc) is 2.35. The molecule has 1 atom stereocenters. The zero-order chi connectivity index (χ0) is 14.9. The molecule has 0 fully saturated rings. The van der Waals surface area contributed by atoms with Crippen LogP contribution in [0.2, 0.25) is 0 Å². The molecule has 0 aliphatic heterocycles. The fourth-order valence-electron chi connectivity index (χ4n) is 2.21. The lowest BCUT2D eigenvalue weighted by atomic mass is 10.1. The molecule has 0 aliphatic rings. The van der Waals surface area contributed by atoms with Crippen molar-refractivity contribution in [1.82, 2.24) is 0 Å². The van der Waals surface area contributed by atoms with Crippen molar-refractivity contribution >= 4 is 37.5 Å². The van der Waals surface area contributed by atoms with E-state index in [-0.39, 0.29) is 11.9 Å². The van der Waals surface area contributed by atoms with Gasteiger partial charge in [-0.3, -0.25) is 0 Å². The molecule has 2 rings (SSSR count). The molecule has 4 heteroatoms. The van der Waals surface area contributed by atoms with Crippen molar-refractivity contribution in [1.29, 1.82) is 0 Å². The summed E-state index contributed by atoms with van der Waals surface area (Å²) in [4.78, 5) is 0. The van der Waals surface area contributed by atoms with Crippen molar-refractivity contribution in [3.05, 3.63) is 61.8 Å². The second kappa shape index (κ2) is 6.27. The van der Waals surface area contributed by atoms with Crippen LogP contribution in [0.4, 0.5) is 10.1 Å². The third-order valence-electron chi connectivity index (χ3n) is 3.25. The maximum absolute atomic E-state index is 13.9. The Kier molecular flexibility index (Phi) is 4.86. The minimum absolute atomic E-state index is 0.0944. The van der Waals surface area contributed by atoms with Gasteiger partial charge in [0.2, 0.25) is 0 Å². The standard InChI is InChI=1S/C16H16Br2FN/c1-9-6-13(7-10(2)16(9)18)20-11(3)14-5-4-12(17)8-15(14)19/h4-8,11,20H,1-3H3. The molecular formula is C16H16Br2FN. The van der Waals surface area contributed by atoms with Gasteiger partial charge in [-0.05, 0) is 56.2 Å². The summed E-state index contributed by atoms with van der Waals surface area (Å²) in [6.07, 6.45) is 0. The number of halogens is 3. The SMILES string of the molecule is Cc1cc(NC(C)c2ccc(Br)cc2F)cc(C)c1Br. The first-order chi connectivity index (χ1) is 9.38. The van der Waals surface area contributed by atoms with E-state index in [0.29, 0.717) is 5.56 Å². The predicted octanol–water partition coefficient (Wildman–Crippen LogP) is 6.14. The van der Waals surface area contributed by atoms with Crippen LogP contribution in [0.15, 0.2) is 39.3 Å². The normalized spacial score (nSPS) is 12.3. The maximum atomic E-state index is 13.9. The zero-order valence-electron chi connectivity index (χ0n) is 11.6. The Bertz CT molecular complexity index is 617. The molecule has 1 nitrogen and oxygen atoms in total. The Morgan fingerprint density at radius 2 is 1.65 bits per heavy atom. The second-order valence-electron chi connectivity index (χ2n) is 4.96. The molecule has 0 aliphatic carbocycles. The number of hydrogen-bond donors (Lipinski definition) is 1. The van der Waals surface area contributed by atoms with Crippen LogP contribution < -0.4 is 5.32 Å². The van der Waals surface area contributed by atoms with Gasteiger partial charge in [0, 0.05) is 20.2 Å². The van der Waals surface area contributed by atoms with Crippen LogP contribution in [0.3, 0.4) is 0 Å². The lowest BCUT2D eigenvalue weighted by Crippen LogP contribution is -2.09. The molecule has 0 amide bonds. The Morgan fingerprint density at radius 1 is 1.05 bits per heavy atom. The maximum Gasteiger partial charge on any atom is 0.129 e. The molecule has 2 aromatic carbocycles. The molecule has 0 radical (unpaired) electrons. The highest BCUT2D eigenvalue weighted by atomic mass is 79.9. The lowest BCUT2D eigenvalue weighted by Gasteiger charge is -2.18. The van der Waals surface area contributed by atoms with Gasteiger partial charge in [0.25, 0.3) is 0 Å². The highest BCUT2D eigenvalue weighted by molar-refractivity contribution is 9.10. The summed E-state index contributed by atoms with van der Waals surface area (Å²) >= 11 is 6.82. The Balaban J connectivity index is 2.25. The fourth-order valence-corrected chi connectivity index (χ4v) is 2.77. The van der Waals surface area contributed by atoms with Crippen molar-refractivity contribution in [2.75, 3.05) is 5.32 Å². The van der Waals surface area contributed by atoms with Gasteiger partial charge in [-0.2, -0.15) is 0 Å². The van der Waals surface area contributed by atoms with E-state index in [1.165, 1.54) is 6.07 Å². The van der Waals surface area contributed by atoms with Gasteiger partial charge >= 0.3 is 0 Å². The molecule has 1 unspecified atom stereocenters. The van der Waals surface area contributed by atoms with E-state index in [2.05, 4.69) is 49.3 Å². The van der Waals surface area contributed by atoms with Gasteiger partial charge in [0.1, 0.15) is 5.82 Å². The second-order valence-corrected chi connectivity index (χ2v) is 6.66. The number of anilines is 1. The van der Waals surface area contributed by atoms with Crippen molar-refractivity contribution < 1.29 is 4.39 Å². The smallest absolute Gasteiger partial charge is 0.129 e. The van der Waals surface area contributed by atoms with Crippen LogP contribution in [0.25, 0.3) is 0 Å². The van der Waals surface area contributed by atoms with E-state index in [1.807, 2.05) is 26.8 Å². The number of hydrogen-bond acceptors (Lipinski definition) is 1. The average molecular weight is 401 g/mol. The highest BCUT2D eigenvalue weighted by Gasteiger charge is 2.12. The molecule has 0 saturated heterocycles. The summed E-state index contributed by atoms with van der Waals surface area (Å²) in [5, 5.41) is 3.35. The third kappa shape index (κ3) is 3.41. The molecule has 2 aromatic rings. The molecular weight excluding hydrogens is 385 g/mol. The van der Waals surface area contributed by atoms with E-state index < -0.39 is 0 Å². The van der Waals surface area contributed by atoms with Crippen LogP contribution in [0.1, 0.15) is 29.7 Å². The van der Waals surface area contributed by atoms with Crippen molar-refractivity contribution in [2.24, 2.45) is 0 Å². The van der Waals surface area contributed by atoms with Crippen molar-refractivity contribution in [3.8, 4) is 0 Å². The summed E-state index contributed by atoms with van der Waals surface area (Å²) in [5.41, 5.74) is 3.98. The predicted molar refractivity (Wildman–Crippen MR) is 89.8 cm³/mol. The number of nitrogens with one attached hydrogen (secondary N) is 1. The first kappa shape index (κ1) is 15.5. The largest absolute Gasteiger partial charge is 0.378 e. The summed E-state index contributed by atoms with van der Waals surface area (Å²) < 4.78 is 15.8. The van der Waals surface area contributed by atoms with Crippen molar-refractivity contribution in [3.63, 3.8) is 0 Å². The Labute approximate surface area is 135 Å². The van der Waals surface area contributed by atoms with E-state index in [0.717, 1.165) is 25.8 Å². The fraction of sp³-hybridized carbons (Fsp3) is 0.250. The zero-order valence-corrected chi connectivity index (χ0v) is 14.8. The third-order valence-corrected chi connectivity index (χ3v) is 4.99. The van der Waals surface area contributed by atoms with Crippen LogP contribution in [0, 0.1) is 19.7 Å². The number of benzene rings is 2. The Morgan fingerprint density at radius 3 is 2.20 bits per heavy atom. The van der Waals surface area contributed by atoms with E-state index in [4.69, 9.17) is 0 Å². The highest BCUT2D eigenvalue weighted by Crippen LogP contribution is 2.28. The van der Waals surface area contributed by atoms with E-state index in [9.17, 15) is 4.39 Å². The van der Waals surface area contributed by atoms with Crippen LogP contribution in [-0.4, -0.2) is 0 Å².